The third-order valence-electron chi connectivity index (χ3n) is 4.83. The molecule has 7 nitrogen and oxygen atoms in total. The molecule has 0 radical (unpaired) electrons. The second-order valence-electron chi connectivity index (χ2n) is 6.70. The van der Waals surface area contributed by atoms with Crippen molar-refractivity contribution >= 4 is 17.2 Å². The number of nitrogens with one attached hydrogen (secondary N) is 1. The molecular weight excluding hydrogens is 342 g/mol. The van der Waals surface area contributed by atoms with Crippen LogP contribution in [-0.2, 0) is 0 Å². The number of nitrogens with zero attached hydrogens (tertiary/aromatic N) is 4. The molecule has 3 aromatic rings. The fraction of sp³-hybridized carbons (Fsp3) is 0.400. The second kappa shape index (κ2) is 8.26. The van der Waals surface area contributed by atoms with Crippen LogP contribution in [0.15, 0.2) is 43.0 Å². The lowest BCUT2D eigenvalue weighted by atomic mass is 10.3. The quantitative estimate of drug-likeness (QED) is 0.616. The fourth-order valence-electron chi connectivity index (χ4n) is 3.42. The SMILES string of the molecule is COc1cnc(Nc2cccc3cncn23)cc1OCCCN1CCCC1. The molecule has 0 bridgehead atoms. The normalized spacial score (nSPS) is 14.6. The zero-order valence-electron chi connectivity index (χ0n) is 15.6. The van der Waals surface area contributed by atoms with Gasteiger partial charge in [-0.1, -0.05) is 6.07 Å². The molecule has 27 heavy (non-hydrogen) atoms. The van der Waals surface area contributed by atoms with Crippen LogP contribution in [0.25, 0.3) is 5.52 Å². The average molecular weight is 367 g/mol. The van der Waals surface area contributed by atoms with Gasteiger partial charge in [0.1, 0.15) is 18.0 Å². The molecular formula is C20H25N5O2. The number of likely N-dealkylation sites (tertiary alicyclic amines) is 1. The highest BCUT2D eigenvalue weighted by atomic mass is 16.5. The van der Waals surface area contributed by atoms with Gasteiger partial charge < -0.3 is 19.7 Å². The van der Waals surface area contributed by atoms with Gasteiger partial charge in [-0.05, 0) is 44.5 Å². The molecule has 4 rings (SSSR count). The smallest absolute Gasteiger partial charge is 0.179 e. The summed E-state index contributed by atoms with van der Waals surface area (Å²) < 4.78 is 13.4. The van der Waals surface area contributed by atoms with E-state index in [0.29, 0.717) is 23.9 Å². The minimum atomic E-state index is 0.641. The summed E-state index contributed by atoms with van der Waals surface area (Å²) in [4.78, 5) is 11.1. The first-order valence-electron chi connectivity index (χ1n) is 9.41. The van der Waals surface area contributed by atoms with E-state index in [-0.39, 0.29) is 0 Å². The Balaban J connectivity index is 1.43. The predicted molar refractivity (Wildman–Crippen MR) is 105 cm³/mol. The third kappa shape index (κ3) is 4.14. The first-order chi connectivity index (χ1) is 13.3. The Labute approximate surface area is 158 Å². The first kappa shape index (κ1) is 17.6. The number of aromatic nitrogens is 3. The highest BCUT2D eigenvalue weighted by Crippen LogP contribution is 2.29. The standard InChI is InChI=1S/C20H25N5O2/c1-26-18-14-22-19(23-20-7-4-6-16-13-21-15-25(16)20)12-17(18)27-11-5-10-24-8-2-3-9-24/h4,6-7,12-15H,2-3,5,8-11H2,1H3,(H,22,23). The number of anilines is 2. The largest absolute Gasteiger partial charge is 0.491 e. The van der Waals surface area contributed by atoms with Crippen molar-refractivity contribution < 1.29 is 9.47 Å². The zero-order chi connectivity index (χ0) is 18.5. The number of imidazole rings is 1. The van der Waals surface area contributed by atoms with Crippen LogP contribution in [0.4, 0.5) is 11.6 Å². The Morgan fingerprint density at radius 1 is 1.15 bits per heavy atom. The summed E-state index contributed by atoms with van der Waals surface area (Å²) in [7, 11) is 1.63. The van der Waals surface area contributed by atoms with E-state index < -0.39 is 0 Å². The minimum Gasteiger partial charge on any atom is -0.491 e. The molecule has 3 aromatic heterocycles. The lowest BCUT2D eigenvalue weighted by Gasteiger charge is -2.16. The summed E-state index contributed by atoms with van der Waals surface area (Å²) >= 11 is 0. The van der Waals surface area contributed by atoms with Gasteiger partial charge in [0.2, 0.25) is 0 Å². The molecule has 0 unspecified atom stereocenters. The van der Waals surface area contributed by atoms with E-state index in [2.05, 4.69) is 20.2 Å². The van der Waals surface area contributed by atoms with Crippen molar-refractivity contribution in [1.29, 1.82) is 0 Å². The van der Waals surface area contributed by atoms with Crippen LogP contribution in [0.5, 0.6) is 11.5 Å². The van der Waals surface area contributed by atoms with Crippen molar-refractivity contribution in [2.24, 2.45) is 0 Å². The number of pyridine rings is 2. The van der Waals surface area contributed by atoms with Crippen molar-refractivity contribution in [1.82, 2.24) is 19.3 Å². The van der Waals surface area contributed by atoms with Crippen LogP contribution in [-0.4, -0.2) is 52.6 Å². The summed E-state index contributed by atoms with van der Waals surface area (Å²) in [5.41, 5.74) is 1.02. The molecule has 0 aliphatic carbocycles. The maximum Gasteiger partial charge on any atom is 0.179 e. The predicted octanol–water partition coefficient (Wildman–Crippen LogP) is 3.35. The van der Waals surface area contributed by atoms with Crippen LogP contribution < -0.4 is 14.8 Å². The minimum absolute atomic E-state index is 0.641. The van der Waals surface area contributed by atoms with Gasteiger partial charge in [-0.25, -0.2) is 9.97 Å². The number of methoxy groups -OCH3 is 1. The van der Waals surface area contributed by atoms with Gasteiger partial charge in [0, 0.05) is 12.6 Å². The van der Waals surface area contributed by atoms with Crippen LogP contribution in [0.2, 0.25) is 0 Å². The monoisotopic (exact) mass is 367 g/mol. The van der Waals surface area contributed by atoms with Crippen molar-refractivity contribution in [2.75, 3.05) is 38.7 Å². The molecule has 1 aliphatic heterocycles. The summed E-state index contributed by atoms with van der Waals surface area (Å²) in [6, 6.07) is 7.86. The van der Waals surface area contributed by atoms with Gasteiger partial charge in [-0.15, -0.1) is 0 Å². The Bertz CT molecular complexity index is 889. The third-order valence-corrected chi connectivity index (χ3v) is 4.83. The summed E-state index contributed by atoms with van der Waals surface area (Å²) in [6.45, 7) is 4.17. The summed E-state index contributed by atoms with van der Waals surface area (Å²) in [5, 5.41) is 3.33. The topological polar surface area (TPSA) is 63.9 Å². The van der Waals surface area contributed by atoms with Crippen LogP contribution in [0.1, 0.15) is 19.3 Å². The van der Waals surface area contributed by atoms with Gasteiger partial charge in [0.25, 0.3) is 0 Å². The fourth-order valence-corrected chi connectivity index (χ4v) is 3.42. The van der Waals surface area contributed by atoms with E-state index in [1.54, 1.807) is 19.6 Å². The van der Waals surface area contributed by atoms with E-state index >= 15 is 0 Å². The number of ether oxygens (including phenoxy) is 2. The van der Waals surface area contributed by atoms with Gasteiger partial charge in [0.15, 0.2) is 11.5 Å². The number of rotatable bonds is 8. The van der Waals surface area contributed by atoms with Crippen molar-refractivity contribution in [3.63, 3.8) is 0 Å². The van der Waals surface area contributed by atoms with E-state index in [0.717, 1.165) is 24.3 Å². The van der Waals surface area contributed by atoms with E-state index in [1.807, 2.05) is 34.9 Å². The lowest BCUT2D eigenvalue weighted by molar-refractivity contribution is 0.254. The van der Waals surface area contributed by atoms with Crippen LogP contribution in [0.3, 0.4) is 0 Å². The molecule has 1 saturated heterocycles. The Hall–Kier alpha value is -2.80. The lowest BCUT2D eigenvalue weighted by Crippen LogP contribution is -2.22. The first-order valence-corrected chi connectivity index (χ1v) is 9.41. The highest BCUT2D eigenvalue weighted by molar-refractivity contribution is 5.61. The molecule has 0 amide bonds. The average Bonchev–Trinajstić information content (AvgIpc) is 3.37. The summed E-state index contributed by atoms with van der Waals surface area (Å²) in [6.07, 6.45) is 8.92. The zero-order valence-corrected chi connectivity index (χ0v) is 15.6. The van der Waals surface area contributed by atoms with Gasteiger partial charge in [0.05, 0.1) is 31.6 Å². The Morgan fingerprint density at radius 3 is 2.89 bits per heavy atom. The van der Waals surface area contributed by atoms with E-state index in [9.17, 15) is 0 Å². The number of hydrogen-bond donors (Lipinski definition) is 1. The molecule has 0 aromatic carbocycles. The molecule has 0 saturated carbocycles. The van der Waals surface area contributed by atoms with Crippen molar-refractivity contribution in [3.05, 3.63) is 43.0 Å². The van der Waals surface area contributed by atoms with E-state index in [4.69, 9.17) is 9.47 Å². The molecule has 1 aliphatic rings. The Kier molecular flexibility index (Phi) is 5.39. The van der Waals surface area contributed by atoms with Gasteiger partial charge >= 0.3 is 0 Å². The number of fused-ring (bicyclic) bond motifs is 1. The van der Waals surface area contributed by atoms with E-state index in [1.165, 1.54) is 25.9 Å². The maximum absolute atomic E-state index is 5.99. The Morgan fingerprint density at radius 2 is 2.04 bits per heavy atom. The van der Waals surface area contributed by atoms with Crippen LogP contribution in [0, 0.1) is 0 Å². The molecule has 4 heterocycles. The molecule has 0 atom stereocenters. The molecule has 1 N–H and O–H groups in total. The highest BCUT2D eigenvalue weighted by Gasteiger charge is 2.12. The van der Waals surface area contributed by atoms with Gasteiger partial charge in [-0.3, -0.25) is 4.40 Å². The summed E-state index contributed by atoms with van der Waals surface area (Å²) in [5.74, 6) is 2.94. The number of hydrogen-bond acceptors (Lipinski definition) is 6. The van der Waals surface area contributed by atoms with Gasteiger partial charge in [-0.2, -0.15) is 0 Å². The van der Waals surface area contributed by atoms with Crippen molar-refractivity contribution in [2.45, 2.75) is 19.3 Å². The van der Waals surface area contributed by atoms with Crippen molar-refractivity contribution in [3.8, 4) is 11.5 Å². The molecule has 7 heteroatoms. The molecule has 142 valence electrons. The van der Waals surface area contributed by atoms with Crippen LogP contribution >= 0.6 is 0 Å². The second-order valence-corrected chi connectivity index (χ2v) is 6.70. The maximum atomic E-state index is 5.99. The molecule has 1 fully saturated rings. The molecule has 0 spiro atoms.